The van der Waals surface area contributed by atoms with E-state index in [-0.39, 0.29) is 28.1 Å². The van der Waals surface area contributed by atoms with Crippen LogP contribution in [0.3, 0.4) is 0 Å². The van der Waals surface area contributed by atoms with Crippen molar-refractivity contribution in [3.63, 3.8) is 0 Å². The second-order valence-corrected chi connectivity index (χ2v) is 6.17. The Balaban J connectivity index is 1.54. The Labute approximate surface area is 163 Å². The number of hydrazine groups is 1. The third-order valence-corrected chi connectivity index (χ3v) is 4.04. The van der Waals surface area contributed by atoms with Gasteiger partial charge in [-0.25, -0.2) is 0 Å². The number of hydrogen-bond acceptors (Lipinski definition) is 6. The van der Waals surface area contributed by atoms with Gasteiger partial charge in [0.15, 0.2) is 16.6 Å². The average Bonchev–Trinajstić information content (AvgIpc) is 2.67. The number of nitrogens with one attached hydrogen (secondary N) is 3. The molecule has 9 nitrogen and oxygen atoms in total. The number of nitro groups is 1. The van der Waals surface area contributed by atoms with E-state index in [1.54, 1.807) is 24.3 Å². The fraction of sp³-hybridized carbons (Fsp3) is 0.125. The van der Waals surface area contributed by atoms with Crippen molar-refractivity contribution in [2.75, 3.05) is 11.9 Å². The van der Waals surface area contributed by atoms with Gasteiger partial charge in [0, 0.05) is 12.1 Å². The van der Waals surface area contributed by atoms with Gasteiger partial charge < -0.3 is 14.8 Å². The van der Waals surface area contributed by atoms with Crippen molar-refractivity contribution >= 4 is 46.2 Å². The van der Waals surface area contributed by atoms with E-state index in [4.69, 9.17) is 33.3 Å². The molecule has 0 unspecified atom stereocenters. The number of thiocarbonyl (C=S) groups is 1. The minimum Gasteiger partial charge on any atom is -0.485 e. The first-order valence-electron chi connectivity index (χ1n) is 7.63. The molecule has 140 valence electrons. The molecule has 0 fully saturated rings. The molecule has 0 aromatic heterocycles. The van der Waals surface area contributed by atoms with Crippen LogP contribution < -0.4 is 25.6 Å². The number of benzene rings is 2. The van der Waals surface area contributed by atoms with Crippen molar-refractivity contribution in [3.05, 3.63) is 57.6 Å². The summed E-state index contributed by atoms with van der Waals surface area (Å²) in [6, 6.07) is 10.9. The number of anilines is 1. The Morgan fingerprint density at radius 3 is 2.70 bits per heavy atom. The summed E-state index contributed by atoms with van der Waals surface area (Å²) in [5.74, 6) is 0.527. The molecule has 1 heterocycles. The SMILES string of the molecule is O=C(NNC(=S)Nc1cc([N+](=O)[O-])ccc1Cl)[C@@H]1COc2ccccc2O1. The van der Waals surface area contributed by atoms with Gasteiger partial charge in [0.25, 0.3) is 11.6 Å². The molecule has 1 aliphatic heterocycles. The van der Waals surface area contributed by atoms with Crippen molar-refractivity contribution in [1.82, 2.24) is 10.9 Å². The van der Waals surface area contributed by atoms with Crippen molar-refractivity contribution in [3.8, 4) is 11.5 Å². The highest BCUT2D eigenvalue weighted by molar-refractivity contribution is 7.80. The van der Waals surface area contributed by atoms with Gasteiger partial charge in [0.05, 0.1) is 15.6 Å². The summed E-state index contributed by atoms with van der Waals surface area (Å²) >= 11 is 11.0. The van der Waals surface area contributed by atoms with Gasteiger partial charge in [0.2, 0.25) is 6.10 Å². The van der Waals surface area contributed by atoms with E-state index in [2.05, 4.69) is 16.2 Å². The highest BCUT2D eigenvalue weighted by atomic mass is 35.5. The van der Waals surface area contributed by atoms with Gasteiger partial charge in [0.1, 0.15) is 6.61 Å². The highest BCUT2D eigenvalue weighted by Gasteiger charge is 2.27. The summed E-state index contributed by atoms with van der Waals surface area (Å²) in [6.07, 6.45) is -0.864. The Hall–Kier alpha value is -3.11. The molecule has 3 rings (SSSR count). The number of carbonyl (C=O) groups is 1. The molecule has 0 radical (unpaired) electrons. The van der Waals surface area contributed by atoms with E-state index >= 15 is 0 Å². The van der Waals surface area contributed by atoms with Gasteiger partial charge in [-0.3, -0.25) is 25.8 Å². The van der Waals surface area contributed by atoms with Crippen LogP contribution in [0.4, 0.5) is 11.4 Å². The van der Waals surface area contributed by atoms with Crippen molar-refractivity contribution < 1.29 is 19.2 Å². The number of nitrogens with zero attached hydrogens (tertiary/aromatic N) is 1. The number of nitro benzene ring substituents is 1. The molecule has 0 saturated heterocycles. The fourth-order valence-corrected chi connectivity index (χ4v) is 2.55. The molecule has 3 N–H and O–H groups in total. The predicted octanol–water partition coefficient (Wildman–Crippen LogP) is 2.41. The molecule has 2 aromatic carbocycles. The Kier molecular flexibility index (Phi) is 5.57. The second kappa shape index (κ2) is 8.06. The first kappa shape index (κ1) is 18.7. The van der Waals surface area contributed by atoms with Gasteiger partial charge in [-0.1, -0.05) is 23.7 Å². The zero-order valence-electron chi connectivity index (χ0n) is 13.6. The number of non-ortho nitro benzene ring substituents is 1. The molecule has 2 aromatic rings. The molecule has 1 amide bonds. The van der Waals surface area contributed by atoms with Crippen LogP contribution in [-0.4, -0.2) is 28.7 Å². The van der Waals surface area contributed by atoms with E-state index in [9.17, 15) is 14.9 Å². The number of amides is 1. The van der Waals surface area contributed by atoms with Gasteiger partial charge in [-0.05, 0) is 30.4 Å². The molecule has 1 atom stereocenters. The lowest BCUT2D eigenvalue weighted by atomic mass is 10.2. The van der Waals surface area contributed by atoms with Gasteiger partial charge in [-0.15, -0.1) is 0 Å². The van der Waals surface area contributed by atoms with Crippen molar-refractivity contribution in [2.45, 2.75) is 6.10 Å². The third-order valence-electron chi connectivity index (χ3n) is 3.51. The summed E-state index contributed by atoms with van der Waals surface area (Å²) in [5, 5.41) is 13.7. The summed E-state index contributed by atoms with van der Waals surface area (Å²) in [5.41, 5.74) is 4.94. The highest BCUT2D eigenvalue weighted by Crippen LogP contribution is 2.30. The lowest BCUT2D eigenvalue weighted by Gasteiger charge is -2.25. The number of carbonyl (C=O) groups excluding carboxylic acids is 1. The fourth-order valence-electron chi connectivity index (χ4n) is 2.22. The predicted molar refractivity (Wildman–Crippen MR) is 102 cm³/mol. The number of halogens is 1. The topological polar surface area (TPSA) is 115 Å². The lowest BCUT2D eigenvalue weighted by Crippen LogP contribution is -2.51. The first-order valence-corrected chi connectivity index (χ1v) is 8.42. The summed E-state index contributed by atoms with van der Waals surface area (Å²) in [4.78, 5) is 22.5. The van der Waals surface area contributed by atoms with Crippen LogP contribution in [0, 0.1) is 10.1 Å². The maximum absolute atomic E-state index is 12.2. The number of fused-ring (bicyclic) bond motifs is 1. The van der Waals surface area contributed by atoms with E-state index in [0.717, 1.165) is 0 Å². The molecule has 0 saturated carbocycles. The summed E-state index contributed by atoms with van der Waals surface area (Å²) in [6.45, 7) is 0.0431. The number of ether oxygens (including phenoxy) is 2. The standard InChI is InChI=1S/C16H13ClN4O5S/c17-10-6-5-9(21(23)24)7-11(10)18-16(27)20-19-15(22)14-8-25-12-3-1-2-4-13(12)26-14/h1-7,14H,8H2,(H,19,22)(H2,18,20,27)/t14-/m0/s1. The van der Waals surface area contributed by atoms with Crippen LogP contribution in [0.1, 0.15) is 0 Å². The number of hydrogen-bond donors (Lipinski definition) is 3. The van der Waals surface area contributed by atoms with Gasteiger partial charge in [-0.2, -0.15) is 0 Å². The molecule has 0 aliphatic carbocycles. The summed E-state index contributed by atoms with van der Waals surface area (Å²) in [7, 11) is 0. The summed E-state index contributed by atoms with van der Waals surface area (Å²) < 4.78 is 11.0. The number of para-hydroxylation sites is 2. The monoisotopic (exact) mass is 408 g/mol. The maximum Gasteiger partial charge on any atom is 0.283 e. The molecule has 1 aliphatic rings. The van der Waals surface area contributed by atoms with Crippen LogP contribution in [0.2, 0.25) is 5.02 Å². The van der Waals surface area contributed by atoms with Crippen LogP contribution in [0.25, 0.3) is 0 Å². The average molecular weight is 409 g/mol. The van der Waals surface area contributed by atoms with Crippen LogP contribution in [-0.2, 0) is 4.79 Å². The third kappa shape index (κ3) is 4.54. The van der Waals surface area contributed by atoms with Crippen LogP contribution >= 0.6 is 23.8 Å². The van der Waals surface area contributed by atoms with E-state index in [1.807, 2.05) is 0 Å². The largest absolute Gasteiger partial charge is 0.485 e. The van der Waals surface area contributed by atoms with E-state index in [1.165, 1.54) is 18.2 Å². The minimum atomic E-state index is -0.864. The zero-order valence-corrected chi connectivity index (χ0v) is 15.2. The normalized spacial score (nSPS) is 14.8. The van der Waals surface area contributed by atoms with Crippen molar-refractivity contribution in [2.24, 2.45) is 0 Å². The minimum absolute atomic E-state index is 0.0112. The second-order valence-electron chi connectivity index (χ2n) is 5.35. The Morgan fingerprint density at radius 1 is 1.22 bits per heavy atom. The first-order chi connectivity index (χ1) is 12.9. The zero-order chi connectivity index (χ0) is 19.4. The Morgan fingerprint density at radius 2 is 1.96 bits per heavy atom. The van der Waals surface area contributed by atoms with Crippen LogP contribution in [0.15, 0.2) is 42.5 Å². The quantitative estimate of drug-likeness (QED) is 0.403. The van der Waals surface area contributed by atoms with E-state index in [0.29, 0.717) is 11.5 Å². The molecular weight excluding hydrogens is 396 g/mol. The molecular formula is C16H13ClN4O5S. The van der Waals surface area contributed by atoms with Crippen molar-refractivity contribution in [1.29, 1.82) is 0 Å². The number of rotatable bonds is 3. The van der Waals surface area contributed by atoms with Crippen LogP contribution in [0.5, 0.6) is 11.5 Å². The Bertz CT molecular complexity index is 910. The molecule has 0 bridgehead atoms. The smallest absolute Gasteiger partial charge is 0.283 e. The molecule has 27 heavy (non-hydrogen) atoms. The molecule has 0 spiro atoms. The lowest BCUT2D eigenvalue weighted by molar-refractivity contribution is -0.384. The molecule has 11 heteroatoms. The van der Waals surface area contributed by atoms with E-state index < -0.39 is 16.9 Å². The van der Waals surface area contributed by atoms with Gasteiger partial charge >= 0.3 is 0 Å². The maximum atomic E-state index is 12.2.